The average Bonchev–Trinajstić information content (AvgIpc) is 3.77. The highest BCUT2D eigenvalue weighted by Crippen LogP contribution is 2.39. The Morgan fingerprint density at radius 2 is 1.52 bits per heavy atom. The fraction of sp³-hybridized carbons (Fsp3) is 0.944. The van der Waals surface area contributed by atoms with Gasteiger partial charge in [0.2, 0.25) is 0 Å². The van der Waals surface area contributed by atoms with Crippen molar-refractivity contribution in [3.05, 3.63) is 0 Å². The molecule has 0 unspecified atom stereocenters. The van der Waals surface area contributed by atoms with E-state index in [4.69, 9.17) is 23.7 Å². The minimum atomic E-state index is -0.365. The van der Waals surface area contributed by atoms with E-state index in [1.807, 2.05) is 13.8 Å². The van der Waals surface area contributed by atoms with Crippen LogP contribution in [0.2, 0.25) is 0 Å². The van der Waals surface area contributed by atoms with Crippen molar-refractivity contribution in [3.63, 3.8) is 0 Å². The van der Waals surface area contributed by atoms with Crippen molar-refractivity contribution < 1.29 is 33.3 Å². The molecule has 0 aromatic rings. The van der Waals surface area contributed by atoms with Gasteiger partial charge in [-0.25, -0.2) is 0 Å². The van der Waals surface area contributed by atoms with Crippen LogP contribution in [0.5, 0.6) is 0 Å². The van der Waals surface area contributed by atoms with E-state index >= 15 is 0 Å². The van der Waals surface area contributed by atoms with Gasteiger partial charge in [0, 0.05) is 24.3 Å². The molecule has 0 aliphatic carbocycles. The molecule has 0 N–H and O–H groups in total. The fourth-order valence-electron chi connectivity index (χ4n) is 8.21. The van der Waals surface area contributed by atoms with Crippen molar-refractivity contribution in [1.29, 1.82) is 0 Å². The van der Waals surface area contributed by atoms with Gasteiger partial charge in [-0.05, 0) is 85.2 Å². The molecular formula is C36H63NO7. The topological polar surface area (TPSA) is 83.5 Å². The summed E-state index contributed by atoms with van der Waals surface area (Å²) < 4.78 is 32.4. The number of rotatable bonds is 10. The lowest BCUT2D eigenvalue weighted by Gasteiger charge is -2.34. The van der Waals surface area contributed by atoms with E-state index in [1.54, 1.807) is 0 Å². The number of esters is 2. The Kier molecular flexibility index (Phi) is 13.4. The van der Waals surface area contributed by atoms with Crippen LogP contribution in [0.15, 0.2) is 0 Å². The maximum Gasteiger partial charge on any atom is 0.311 e. The van der Waals surface area contributed by atoms with Gasteiger partial charge in [-0.3, -0.25) is 9.59 Å². The van der Waals surface area contributed by atoms with Crippen molar-refractivity contribution in [3.8, 4) is 0 Å². The maximum atomic E-state index is 13.7. The summed E-state index contributed by atoms with van der Waals surface area (Å²) in [6.07, 6.45) is 11.0. The monoisotopic (exact) mass is 621 g/mol. The number of cyclic esters (lactones) is 2. The molecule has 0 aromatic heterocycles. The van der Waals surface area contributed by atoms with Gasteiger partial charge in [0.15, 0.2) is 0 Å². The Morgan fingerprint density at radius 1 is 0.795 bits per heavy atom. The number of hydrogen-bond donors (Lipinski definition) is 0. The molecule has 8 heteroatoms. The highest BCUT2D eigenvalue weighted by Gasteiger charge is 2.44. The number of ether oxygens (including phenoxy) is 5. The quantitative estimate of drug-likeness (QED) is 0.249. The third-order valence-electron chi connectivity index (χ3n) is 11.3. The molecule has 0 saturated carbocycles. The molecule has 4 heterocycles. The zero-order chi connectivity index (χ0) is 32.0. The van der Waals surface area contributed by atoms with Crippen LogP contribution in [0.25, 0.3) is 0 Å². The van der Waals surface area contributed by atoms with Gasteiger partial charge in [0.25, 0.3) is 0 Å². The molecule has 4 bridgehead atoms. The van der Waals surface area contributed by atoms with Crippen molar-refractivity contribution in [2.45, 2.75) is 180 Å². The predicted molar refractivity (Wildman–Crippen MR) is 171 cm³/mol. The molecule has 44 heavy (non-hydrogen) atoms. The second-order valence-corrected chi connectivity index (χ2v) is 14.7. The SMILES string of the molecule is CCC[C@H](C[C@@H]1CC[C@H]([C@@H](C)[C@H]2C[C@@H]3CC[C@@H](O3)[C@H](CC)C(=O)O[C@@H](CCC)[C@H](C)[C@@H]3CC[C@@H](O3)[C@@H](C)C(=O)O2)O1)N(C)C. The summed E-state index contributed by atoms with van der Waals surface area (Å²) in [5.74, 6) is -0.882. The van der Waals surface area contributed by atoms with Crippen LogP contribution in [0.3, 0.4) is 0 Å². The van der Waals surface area contributed by atoms with E-state index in [9.17, 15) is 9.59 Å². The number of carbonyl (C=O) groups excluding carboxylic acids is 2. The normalized spacial score (nSPS) is 40.2. The van der Waals surface area contributed by atoms with Crippen LogP contribution in [-0.4, -0.2) is 85.8 Å². The molecule has 4 fully saturated rings. The van der Waals surface area contributed by atoms with Crippen LogP contribution in [0.4, 0.5) is 0 Å². The summed E-state index contributed by atoms with van der Waals surface area (Å²) in [5.41, 5.74) is 0. The molecule has 13 atom stereocenters. The molecule has 0 aromatic carbocycles. The van der Waals surface area contributed by atoms with Gasteiger partial charge >= 0.3 is 11.9 Å². The predicted octanol–water partition coefficient (Wildman–Crippen LogP) is 6.71. The molecule has 4 rings (SSSR count). The lowest BCUT2D eigenvalue weighted by molar-refractivity contribution is -0.172. The van der Waals surface area contributed by atoms with Gasteiger partial charge in [-0.15, -0.1) is 0 Å². The zero-order valence-corrected chi connectivity index (χ0v) is 29.0. The number of nitrogens with zero attached hydrogens (tertiary/aromatic N) is 1. The highest BCUT2D eigenvalue weighted by atomic mass is 16.6. The number of fused-ring (bicyclic) bond motifs is 4. The van der Waals surface area contributed by atoms with Gasteiger partial charge < -0.3 is 28.6 Å². The summed E-state index contributed by atoms with van der Waals surface area (Å²) in [7, 11) is 4.32. The standard InChI is InChI=1S/C36H63NO7/c1-9-12-25(37(7)8)20-26-14-16-30(40-26)23(5)34-21-27-15-17-33(41-27)28(11-3)36(39)43-29(13-10-2)22(4)31-18-19-32(42-31)24(6)35(38)44-34/h22-34H,9-21H2,1-8H3/t22-,23+,24+,25+,26-,27-,28-,29-,30+,31-,32+,33+,34+/m0/s1. The molecule has 4 aliphatic rings. The van der Waals surface area contributed by atoms with Gasteiger partial charge in [0.05, 0.1) is 48.5 Å². The summed E-state index contributed by atoms with van der Waals surface area (Å²) in [6.45, 7) is 12.7. The first-order chi connectivity index (χ1) is 21.1. The third kappa shape index (κ3) is 8.77. The van der Waals surface area contributed by atoms with Crippen molar-refractivity contribution in [2.24, 2.45) is 23.7 Å². The molecule has 4 saturated heterocycles. The second kappa shape index (κ2) is 16.6. The number of carbonyl (C=O) groups is 2. The van der Waals surface area contributed by atoms with E-state index in [-0.39, 0.29) is 84.4 Å². The smallest absolute Gasteiger partial charge is 0.311 e. The van der Waals surface area contributed by atoms with E-state index in [0.717, 1.165) is 64.2 Å². The highest BCUT2D eigenvalue weighted by molar-refractivity contribution is 5.73. The molecular weight excluding hydrogens is 558 g/mol. The van der Waals surface area contributed by atoms with Gasteiger partial charge in [-0.2, -0.15) is 0 Å². The van der Waals surface area contributed by atoms with Crippen LogP contribution in [0.1, 0.15) is 125 Å². The molecule has 254 valence electrons. The van der Waals surface area contributed by atoms with Crippen LogP contribution in [0, 0.1) is 23.7 Å². The van der Waals surface area contributed by atoms with E-state index in [1.165, 1.54) is 6.42 Å². The van der Waals surface area contributed by atoms with Gasteiger partial charge in [0.1, 0.15) is 12.2 Å². The van der Waals surface area contributed by atoms with Gasteiger partial charge in [-0.1, -0.05) is 47.5 Å². The minimum Gasteiger partial charge on any atom is -0.462 e. The van der Waals surface area contributed by atoms with Crippen LogP contribution < -0.4 is 0 Å². The Morgan fingerprint density at radius 3 is 2.20 bits per heavy atom. The molecule has 4 aliphatic heterocycles. The molecule has 8 nitrogen and oxygen atoms in total. The van der Waals surface area contributed by atoms with E-state index in [2.05, 4.69) is 46.7 Å². The lowest BCUT2D eigenvalue weighted by Crippen LogP contribution is -2.41. The van der Waals surface area contributed by atoms with Crippen molar-refractivity contribution in [1.82, 2.24) is 4.90 Å². The largest absolute Gasteiger partial charge is 0.462 e. The maximum absolute atomic E-state index is 13.7. The Balaban J connectivity index is 1.51. The van der Waals surface area contributed by atoms with Crippen molar-refractivity contribution >= 4 is 11.9 Å². The molecule has 0 radical (unpaired) electrons. The first-order valence-electron chi connectivity index (χ1n) is 18.1. The first kappa shape index (κ1) is 35.6. The Labute approximate surface area is 267 Å². The molecule has 0 amide bonds. The zero-order valence-electron chi connectivity index (χ0n) is 29.0. The average molecular weight is 622 g/mol. The van der Waals surface area contributed by atoms with Crippen LogP contribution in [-0.2, 0) is 33.3 Å². The Bertz CT molecular complexity index is 913. The Hall–Kier alpha value is -1.22. The van der Waals surface area contributed by atoms with Crippen molar-refractivity contribution in [2.75, 3.05) is 14.1 Å². The first-order valence-corrected chi connectivity index (χ1v) is 18.1. The van der Waals surface area contributed by atoms with Crippen LogP contribution >= 0.6 is 0 Å². The summed E-state index contributed by atoms with van der Waals surface area (Å²) in [6, 6.07) is 0.512. The van der Waals surface area contributed by atoms with E-state index in [0.29, 0.717) is 18.9 Å². The fourth-order valence-corrected chi connectivity index (χ4v) is 8.21. The summed E-state index contributed by atoms with van der Waals surface area (Å²) in [4.78, 5) is 29.6. The third-order valence-corrected chi connectivity index (χ3v) is 11.3. The second-order valence-electron chi connectivity index (χ2n) is 14.7. The van der Waals surface area contributed by atoms with E-state index < -0.39 is 0 Å². The summed E-state index contributed by atoms with van der Waals surface area (Å²) >= 11 is 0. The minimum absolute atomic E-state index is 0.0423. The lowest BCUT2D eigenvalue weighted by atomic mass is 9.90. The number of hydrogen-bond acceptors (Lipinski definition) is 8. The molecule has 0 spiro atoms. The summed E-state index contributed by atoms with van der Waals surface area (Å²) in [5, 5.41) is 0.